The lowest BCUT2D eigenvalue weighted by molar-refractivity contribution is 0.0993. The summed E-state index contributed by atoms with van der Waals surface area (Å²) in [5.41, 5.74) is 3.16. The Morgan fingerprint density at radius 1 is 1.25 bits per heavy atom. The van der Waals surface area contributed by atoms with Gasteiger partial charge in [0, 0.05) is 16.9 Å². The van der Waals surface area contributed by atoms with Crippen molar-refractivity contribution in [3.63, 3.8) is 0 Å². The topological polar surface area (TPSA) is 17.1 Å². The number of ketones is 1. The van der Waals surface area contributed by atoms with E-state index in [0.717, 1.165) is 16.0 Å². The van der Waals surface area contributed by atoms with Gasteiger partial charge in [-0.2, -0.15) is 0 Å². The molecule has 16 heavy (non-hydrogen) atoms. The molecule has 0 aliphatic carbocycles. The van der Waals surface area contributed by atoms with Crippen LogP contribution in [-0.4, -0.2) is 5.78 Å². The monoisotopic (exact) mass is 230 g/mol. The molecule has 0 atom stereocenters. The van der Waals surface area contributed by atoms with Gasteiger partial charge in [0.15, 0.2) is 5.78 Å². The van der Waals surface area contributed by atoms with Gasteiger partial charge in [0.1, 0.15) is 0 Å². The Morgan fingerprint density at radius 3 is 2.69 bits per heavy atom. The lowest BCUT2D eigenvalue weighted by atomic mass is 10.0. The number of aryl methyl sites for hydroxylation is 2. The number of Topliss-reactive ketones (excluding diaryl/α,β-unsaturated/α-hetero) is 1. The fraction of sp³-hybridized carbons (Fsp3) is 0.214. The largest absolute Gasteiger partial charge is 0.294 e. The van der Waals surface area contributed by atoms with Crippen LogP contribution in [-0.2, 0) is 6.42 Å². The standard InChI is InChI=1S/C14H14OS/c1-10-4-3-5-12(8-10)9-14(15)13-6-7-16-11(13)2/h3-8H,9H2,1-2H3. The van der Waals surface area contributed by atoms with Crippen LogP contribution in [0.1, 0.15) is 26.4 Å². The normalized spacial score (nSPS) is 10.4. The number of thiophene rings is 1. The molecule has 0 saturated carbocycles. The maximum atomic E-state index is 12.0. The summed E-state index contributed by atoms with van der Waals surface area (Å²) in [4.78, 5) is 13.1. The van der Waals surface area contributed by atoms with Crippen molar-refractivity contribution in [1.82, 2.24) is 0 Å². The summed E-state index contributed by atoms with van der Waals surface area (Å²) < 4.78 is 0. The maximum Gasteiger partial charge on any atom is 0.168 e. The zero-order valence-electron chi connectivity index (χ0n) is 9.49. The lowest BCUT2D eigenvalue weighted by Crippen LogP contribution is -2.03. The Balaban J connectivity index is 2.17. The van der Waals surface area contributed by atoms with Gasteiger partial charge in [-0.05, 0) is 30.9 Å². The number of carbonyl (C=O) groups excluding carboxylic acids is 1. The van der Waals surface area contributed by atoms with E-state index < -0.39 is 0 Å². The van der Waals surface area contributed by atoms with E-state index in [1.54, 1.807) is 11.3 Å². The fourth-order valence-corrected chi connectivity index (χ4v) is 2.49. The predicted molar refractivity (Wildman–Crippen MR) is 68.3 cm³/mol. The van der Waals surface area contributed by atoms with E-state index >= 15 is 0 Å². The molecule has 1 aromatic heterocycles. The first-order valence-corrected chi connectivity index (χ1v) is 6.17. The highest BCUT2D eigenvalue weighted by Gasteiger charge is 2.10. The quantitative estimate of drug-likeness (QED) is 0.733. The first-order chi connectivity index (χ1) is 7.66. The first kappa shape index (κ1) is 11.1. The highest BCUT2D eigenvalue weighted by molar-refractivity contribution is 7.10. The number of hydrogen-bond acceptors (Lipinski definition) is 2. The van der Waals surface area contributed by atoms with E-state index in [9.17, 15) is 4.79 Å². The Hall–Kier alpha value is -1.41. The molecule has 0 spiro atoms. The van der Waals surface area contributed by atoms with Crippen LogP contribution in [0.15, 0.2) is 35.7 Å². The van der Waals surface area contributed by atoms with E-state index in [-0.39, 0.29) is 5.78 Å². The minimum Gasteiger partial charge on any atom is -0.294 e. The Kier molecular flexibility index (Phi) is 3.20. The molecule has 2 aromatic rings. The van der Waals surface area contributed by atoms with Crippen molar-refractivity contribution in [2.75, 3.05) is 0 Å². The zero-order chi connectivity index (χ0) is 11.5. The first-order valence-electron chi connectivity index (χ1n) is 5.29. The second-order valence-corrected chi connectivity index (χ2v) is 5.10. The predicted octanol–water partition coefficient (Wildman–Crippen LogP) is 3.79. The third-order valence-corrected chi connectivity index (χ3v) is 3.45. The molecule has 0 saturated heterocycles. The molecule has 0 aliphatic rings. The summed E-state index contributed by atoms with van der Waals surface area (Å²) >= 11 is 1.63. The second-order valence-electron chi connectivity index (χ2n) is 3.98. The van der Waals surface area contributed by atoms with Crippen LogP contribution in [0.4, 0.5) is 0 Å². The third kappa shape index (κ3) is 2.39. The third-order valence-electron chi connectivity index (χ3n) is 2.61. The summed E-state index contributed by atoms with van der Waals surface area (Å²) in [5, 5.41) is 1.97. The fourth-order valence-electron chi connectivity index (χ4n) is 1.78. The molecule has 2 rings (SSSR count). The van der Waals surface area contributed by atoms with Gasteiger partial charge < -0.3 is 0 Å². The van der Waals surface area contributed by atoms with Gasteiger partial charge >= 0.3 is 0 Å². The van der Waals surface area contributed by atoms with Gasteiger partial charge in [0.25, 0.3) is 0 Å². The van der Waals surface area contributed by atoms with Gasteiger partial charge in [0.05, 0.1) is 0 Å². The van der Waals surface area contributed by atoms with E-state index in [1.165, 1.54) is 5.56 Å². The van der Waals surface area contributed by atoms with Crippen LogP contribution in [0.3, 0.4) is 0 Å². The van der Waals surface area contributed by atoms with Crippen LogP contribution < -0.4 is 0 Å². The summed E-state index contributed by atoms with van der Waals surface area (Å²) in [7, 11) is 0. The molecule has 1 nitrogen and oxygen atoms in total. The number of carbonyl (C=O) groups is 1. The van der Waals surface area contributed by atoms with E-state index in [4.69, 9.17) is 0 Å². The molecule has 0 fully saturated rings. The molecule has 1 aromatic carbocycles. The highest BCUT2D eigenvalue weighted by Crippen LogP contribution is 2.17. The van der Waals surface area contributed by atoms with Crippen molar-refractivity contribution in [3.8, 4) is 0 Å². The van der Waals surface area contributed by atoms with E-state index in [1.807, 2.05) is 43.5 Å². The Bertz CT molecular complexity index is 511. The molecular weight excluding hydrogens is 216 g/mol. The highest BCUT2D eigenvalue weighted by atomic mass is 32.1. The van der Waals surface area contributed by atoms with Crippen molar-refractivity contribution in [1.29, 1.82) is 0 Å². The SMILES string of the molecule is Cc1cccc(CC(=O)c2ccsc2C)c1. The average Bonchev–Trinajstić information content (AvgIpc) is 2.64. The van der Waals surface area contributed by atoms with E-state index in [0.29, 0.717) is 6.42 Å². The molecule has 82 valence electrons. The minimum atomic E-state index is 0.212. The lowest BCUT2D eigenvalue weighted by Gasteiger charge is -2.02. The van der Waals surface area contributed by atoms with Crippen LogP contribution >= 0.6 is 11.3 Å². The Morgan fingerprint density at radius 2 is 2.06 bits per heavy atom. The average molecular weight is 230 g/mol. The summed E-state index contributed by atoms with van der Waals surface area (Å²) in [5.74, 6) is 0.212. The minimum absolute atomic E-state index is 0.212. The number of benzene rings is 1. The van der Waals surface area contributed by atoms with Crippen molar-refractivity contribution >= 4 is 17.1 Å². The number of rotatable bonds is 3. The molecule has 0 amide bonds. The van der Waals surface area contributed by atoms with Crippen molar-refractivity contribution < 1.29 is 4.79 Å². The number of hydrogen-bond donors (Lipinski definition) is 0. The molecule has 1 heterocycles. The molecular formula is C14H14OS. The van der Waals surface area contributed by atoms with Crippen LogP contribution in [0.2, 0.25) is 0 Å². The van der Waals surface area contributed by atoms with Crippen LogP contribution in [0.25, 0.3) is 0 Å². The molecule has 0 bridgehead atoms. The smallest absolute Gasteiger partial charge is 0.168 e. The van der Waals surface area contributed by atoms with Crippen LogP contribution in [0.5, 0.6) is 0 Å². The van der Waals surface area contributed by atoms with Gasteiger partial charge in [-0.3, -0.25) is 4.79 Å². The molecule has 0 N–H and O–H groups in total. The van der Waals surface area contributed by atoms with Gasteiger partial charge in [0.2, 0.25) is 0 Å². The van der Waals surface area contributed by atoms with E-state index in [2.05, 4.69) is 6.07 Å². The zero-order valence-corrected chi connectivity index (χ0v) is 10.3. The summed E-state index contributed by atoms with van der Waals surface area (Å²) in [6, 6.07) is 10.0. The summed E-state index contributed by atoms with van der Waals surface area (Å²) in [6.07, 6.45) is 0.499. The Labute approximate surface area is 99.8 Å². The molecule has 0 radical (unpaired) electrons. The second kappa shape index (κ2) is 4.62. The van der Waals surface area contributed by atoms with Crippen LogP contribution in [0, 0.1) is 13.8 Å². The molecule has 0 aliphatic heterocycles. The molecule has 2 heteroatoms. The molecule has 0 unspecified atom stereocenters. The van der Waals surface area contributed by atoms with Gasteiger partial charge in [-0.25, -0.2) is 0 Å². The van der Waals surface area contributed by atoms with Crippen molar-refractivity contribution in [2.24, 2.45) is 0 Å². The van der Waals surface area contributed by atoms with Gasteiger partial charge in [-0.15, -0.1) is 11.3 Å². The van der Waals surface area contributed by atoms with Crippen molar-refractivity contribution in [2.45, 2.75) is 20.3 Å². The van der Waals surface area contributed by atoms with Gasteiger partial charge in [-0.1, -0.05) is 29.8 Å². The van der Waals surface area contributed by atoms with Crippen molar-refractivity contribution in [3.05, 3.63) is 57.3 Å². The summed E-state index contributed by atoms with van der Waals surface area (Å²) in [6.45, 7) is 4.04. The maximum absolute atomic E-state index is 12.0.